The topological polar surface area (TPSA) is 73.8 Å². The Morgan fingerprint density at radius 1 is 1.65 bits per heavy atom. The van der Waals surface area contributed by atoms with E-state index in [0.29, 0.717) is 29.5 Å². The number of carbonyl (C=O) groups excluding carboxylic acids is 1. The molecule has 0 saturated carbocycles. The number of hydrogen-bond donors (Lipinski definition) is 1. The Labute approximate surface area is 107 Å². The van der Waals surface area contributed by atoms with Gasteiger partial charge in [-0.2, -0.15) is 5.10 Å². The minimum absolute atomic E-state index is 0.217. The quantitative estimate of drug-likeness (QED) is 0.858. The molecule has 0 aromatic carbocycles. The van der Waals surface area contributed by atoms with Gasteiger partial charge >= 0.3 is 0 Å². The number of thiazole rings is 1. The number of hydrogen-bond acceptors (Lipinski definition) is 5. The van der Waals surface area contributed by atoms with Crippen LogP contribution in [0.5, 0.6) is 0 Å². The van der Waals surface area contributed by atoms with Gasteiger partial charge in [0.25, 0.3) is 0 Å². The summed E-state index contributed by atoms with van der Waals surface area (Å²) in [5.41, 5.74) is 6.21. The van der Waals surface area contributed by atoms with Crippen LogP contribution in [0.3, 0.4) is 0 Å². The third kappa shape index (κ3) is 2.24. The summed E-state index contributed by atoms with van der Waals surface area (Å²) in [6.07, 6.45) is 1.47. The Hall–Kier alpha value is -1.24. The van der Waals surface area contributed by atoms with Gasteiger partial charge in [0.2, 0.25) is 5.78 Å². The van der Waals surface area contributed by atoms with E-state index in [1.165, 1.54) is 17.5 Å². The smallest absolute Gasteiger partial charge is 0.231 e. The van der Waals surface area contributed by atoms with E-state index in [1.54, 1.807) is 10.1 Å². The molecule has 7 heteroatoms. The van der Waals surface area contributed by atoms with Crippen molar-refractivity contribution in [1.82, 2.24) is 14.8 Å². The zero-order valence-electron chi connectivity index (χ0n) is 9.18. The van der Waals surface area contributed by atoms with E-state index in [4.69, 9.17) is 17.3 Å². The van der Waals surface area contributed by atoms with Crippen LogP contribution < -0.4 is 5.73 Å². The van der Waals surface area contributed by atoms with E-state index in [-0.39, 0.29) is 5.78 Å². The molecular weight excluding hydrogens is 260 g/mol. The first-order chi connectivity index (χ1) is 8.17. The maximum absolute atomic E-state index is 12.2. The highest BCUT2D eigenvalue weighted by Gasteiger charge is 2.20. The number of ketones is 1. The Balaban J connectivity index is 2.39. The zero-order valence-corrected chi connectivity index (χ0v) is 10.8. The van der Waals surface area contributed by atoms with Crippen LogP contribution in [-0.2, 0) is 13.1 Å². The Bertz CT molecular complexity index is 548. The fourth-order valence-corrected chi connectivity index (χ4v) is 2.34. The van der Waals surface area contributed by atoms with Gasteiger partial charge in [0, 0.05) is 18.5 Å². The summed E-state index contributed by atoms with van der Waals surface area (Å²) < 4.78 is 1.56. The molecule has 2 N–H and O–H groups in total. The predicted octanol–water partition coefficient (Wildman–Crippen LogP) is 1.70. The molecule has 0 aliphatic carbocycles. The Morgan fingerprint density at radius 3 is 3.00 bits per heavy atom. The molecule has 2 aromatic heterocycles. The van der Waals surface area contributed by atoms with Gasteiger partial charge in [0.1, 0.15) is 16.4 Å². The molecule has 0 aliphatic heterocycles. The lowest BCUT2D eigenvalue weighted by Gasteiger charge is -2.02. The van der Waals surface area contributed by atoms with E-state index in [2.05, 4.69) is 10.1 Å². The van der Waals surface area contributed by atoms with Gasteiger partial charge in [-0.3, -0.25) is 9.48 Å². The molecule has 2 aromatic rings. The van der Waals surface area contributed by atoms with Crippen molar-refractivity contribution < 1.29 is 4.79 Å². The van der Waals surface area contributed by atoms with Gasteiger partial charge < -0.3 is 5.73 Å². The van der Waals surface area contributed by atoms with Crippen molar-refractivity contribution in [3.63, 3.8) is 0 Å². The van der Waals surface area contributed by atoms with Crippen LogP contribution >= 0.6 is 22.9 Å². The Kier molecular flexibility index (Phi) is 3.56. The average molecular weight is 271 g/mol. The van der Waals surface area contributed by atoms with Crippen LogP contribution in [-0.4, -0.2) is 20.5 Å². The van der Waals surface area contributed by atoms with E-state index < -0.39 is 0 Å². The second-order valence-electron chi connectivity index (χ2n) is 3.32. The fraction of sp³-hybridized carbons (Fsp3) is 0.300. The van der Waals surface area contributed by atoms with Crippen molar-refractivity contribution in [1.29, 1.82) is 0 Å². The lowest BCUT2D eigenvalue weighted by Crippen LogP contribution is -2.11. The van der Waals surface area contributed by atoms with Gasteiger partial charge in [-0.25, -0.2) is 4.98 Å². The summed E-state index contributed by atoms with van der Waals surface area (Å²) in [6.45, 7) is 2.81. The number of halogens is 1. The summed E-state index contributed by atoms with van der Waals surface area (Å²) >= 11 is 7.32. The summed E-state index contributed by atoms with van der Waals surface area (Å²) in [6, 6.07) is 0. The van der Waals surface area contributed by atoms with Crippen molar-refractivity contribution in [2.75, 3.05) is 0 Å². The van der Waals surface area contributed by atoms with Gasteiger partial charge in [-0.15, -0.1) is 11.3 Å². The van der Waals surface area contributed by atoms with Crippen LogP contribution in [0.25, 0.3) is 0 Å². The first kappa shape index (κ1) is 12.2. The highest BCUT2D eigenvalue weighted by Crippen LogP contribution is 2.20. The summed E-state index contributed by atoms with van der Waals surface area (Å²) in [4.78, 5) is 16.3. The van der Waals surface area contributed by atoms with Crippen LogP contribution in [0.1, 0.15) is 28.1 Å². The first-order valence-corrected chi connectivity index (χ1v) is 6.33. The molecule has 17 heavy (non-hydrogen) atoms. The summed E-state index contributed by atoms with van der Waals surface area (Å²) in [5, 5.41) is 6.79. The maximum Gasteiger partial charge on any atom is 0.231 e. The van der Waals surface area contributed by atoms with Crippen LogP contribution in [0, 0.1) is 0 Å². The SMILES string of the molecule is CCn1ncc(Cl)c1C(=O)c1csc(CN)n1. The van der Waals surface area contributed by atoms with Crippen molar-refractivity contribution in [2.24, 2.45) is 5.73 Å². The molecule has 0 fully saturated rings. The molecular formula is C10H11ClN4OS. The molecule has 2 rings (SSSR count). The van der Waals surface area contributed by atoms with Crippen molar-refractivity contribution in [3.05, 3.63) is 33.0 Å². The van der Waals surface area contributed by atoms with Crippen molar-refractivity contribution in [2.45, 2.75) is 20.0 Å². The summed E-state index contributed by atoms with van der Waals surface area (Å²) in [5.74, 6) is -0.217. The van der Waals surface area contributed by atoms with Gasteiger partial charge in [-0.1, -0.05) is 11.6 Å². The highest BCUT2D eigenvalue weighted by atomic mass is 35.5. The minimum atomic E-state index is -0.217. The molecule has 0 radical (unpaired) electrons. The van der Waals surface area contributed by atoms with Crippen LogP contribution in [0.15, 0.2) is 11.6 Å². The number of nitrogens with two attached hydrogens (primary N) is 1. The monoisotopic (exact) mass is 270 g/mol. The minimum Gasteiger partial charge on any atom is -0.325 e. The lowest BCUT2D eigenvalue weighted by atomic mass is 10.2. The van der Waals surface area contributed by atoms with Gasteiger partial charge in [0.05, 0.1) is 11.2 Å². The van der Waals surface area contributed by atoms with E-state index in [9.17, 15) is 4.79 Å². The number of carbonyl (C=O) groups is 1. The number of aryl methyl sites for hydroxylation is 1. The molecule has 0 atom stereocenters. The Morgan fingerprint density at radius 2 is 2.41 bits per heavy atom. The second-order valence-corrected chi connectivity index (χ2v) is 4.67. The second kappa shape index (κ2) is 4.95. The lowest BCUT2D eigenvalue weighted by molar-refractivity contribution is 0.102. The highest BCUT2D eigenvalue weighted by molar-refractivity contribution is 7.09. The molecule has 0 spiro atoms. The maximum atomic E-state index is 12.2. The van der Waals surface area contributed by atoms with Crippen LogP contribution in [0.2, 0.25) is 5.02 Å². The van der Waals surface area contributed by atoms with Gasteiger partial charge in [0.15, 0.2) is 0 Å². The summed E-state index contributed by atoms with van der Waals surface area (Å²) in [7, 11) is 0. The molecule has 5 nitrogen and oxygen atoms in total. The molecule has 0 saturated heterocycles. The normalized spacial score (nSPS) is 10.8. The molecule has 2 heterocycles. The van der Waals surface area contributed by atoms with Gasteiger partial charge in [-0.05, 0) is 6.92 Å². The van der Waals surface area contributed by atoms with Crippen molar-refractivity contribution >= 4 is 28.7 Å². The molecule has 0 aliphatic rings. The molecule has 0 bridgehead atoms. The number of nitrogens with zero attached hydrogens (tertiary/aromatic N) is 3. The zero-order chi connectivity index (χ0) is 12.4. The van der Waals surface area contributed by atoms with E-state index in [0.717, 1.165) is 5.01 Å². The molecule has 0 amide bonds. The van der Waals surface area contributed by atoms with Crippen LogP contribution in [0.4, 0.5) is 0 Å². The van der Waals surface area contributed by atoms with E-state index >= 15 is 0 Å². The molecule has 0 unspecified atom stereocenters. The third-order valence-corrected chi connectivity index (χ3v) is 3.42. The average Bonchev–Trinajstić information content (AvgIpc) is 2.94. The number of aromatic nitrogens is 3. The first-order valence-electron chi connectivity index (χ1n) is 5.07. The van der Waals surface area contributed by atoms with Crippen molar-refractivity contribution in [3.8, 4) is 0 Å². The number of rotatable bonds is 4. The fourth-order valence-electron chi connectivity index (χ4n) is 1.46. The largest absolute Gasteiger partial charge is 0.325 e. The standard InChI is InChI=1S/C10H11ClN4OS/c1-2-15-9(6(11)4-13-15)10(16)7-5-17-8(3-12)14-7/h4-5H,2-3,12H2,1H3. The third-order valence-electron chi connectivity index (χ3n) is 2.27. The van der Waals surface area contributed by atoms with E-state index in [1.807, 2.05) is 6.92 Å². The predicted molar refractivity (Wildman–Crippen MR) is 66.3 cm³/mol. The molecule has 90 valence electrons.